The van der Waals surface area contributed by atoms with Crippen LogP contribution in [-0.2, 0) is 9.53 Å². The highest BCUT2D eigenvalue weighted by Gasteiger charge is 1.92. The second kappa shape index (κ2) is 8.42. The van der Waals surface area contributed by atoms with E-state index in [1.807, 2.05) is 0 Å². The molecule has 0 aromatic carbocycles. The van der Waals surface area contributed by atoms with E-state index in [0.717, 1.165) is 0 Å². The summed E-state index contributed by atoms with van der Waals surface area (Å²) in [7, 11) is 0. The molecular weight excluding hydrogens is 163 g/mol. The van der Waals surface area contributed by atoms with Crippen LogP contribution in [0.15, 0.2) is 0 Å². The van der Waals surface area contributed by atoms with Crippen molar-refractivity contribution in [1.82, 2.24) is 5.32 Å². The summed E-state index contributed by atoms with van der Waals surface area (Å²) in [6.45, 7) is 1.32. The van der Waals surface area contributed by atoms with Crippen LogP contribution in [0.1, 0.15) is 6.42 Å². The molecule has 0 aliphatic heterocycles. The highest BCUT2D eigenvalue weighted by Crippen LogP contribution is 1.77. The summed E-state index contributed by atoms with van der Waals surface area (Å²) in [4.78, 5) is 10.2. The number of nitrogens with one attached hydrogen (secondary N) is 1. The Morgan fingerprint density at radius 2 is 2.25 bits per heavy atom. The van der Waals surface area contributed by atoms with Crippen LogP contribution < -0.4 is 11.1 Å². The Labute approximate surface area is 71.3 Å². The molecule has 4 nitrogen and oxygen atoms in total. The Morgan fingerprint density at radius 1 is 1.50 bits per heavy atom. The van der Waals surface area contributed by atoms with Crippen molar-refractivity contribution in [2.45, 2.75) is 6.42 Å². The molecule has 1 amide bonds. The molecule has 0 fully saturated rings. The molecule has 0 saturated carbocycles. The van der Waals surface area contributed by atoms with Crippen molar-refractivity contribution in [1.29, 1.82) is 0 Å². The fraction of sp³-hybridized carbons (Fsp3) is 0.857. The topological polar surface area (TPSA) is 64.4 Å². The second-order valence-corrected chi connectivity index (χ2v) is 2.31. The third-order valence-electron chi connectivity index (χ3n) is 1.15. The minimum Gasteiger partial charge on any atom is -0.370 e. The fourth-order valence-corrected chi connectivity index (χ4v) is 0.634. The van der Waals surface area contributed by atoms with Crippen molar-refractivity contribution in [3.05, 3.63) is 0 Å². The van der Waals surface area contributed by atoms with Crippen molar-refractivity contribution >= 4 is 5.91 Å². The first kappa shape index (κ1) is 11.3. The number of carbonyl (C=O) groups excluding carboxylic acids is 1. The SMILES string of the molecule is NC(=O)COCCNCCCF. The van der Waals surface area contributed by atoms with Gasteiger partial charge < -0.3 is 15.8 Å². The number of hydrogen-bond donors (Lipinski definition) is 2. The Hall–Kier alpha value is -0.680. The van der Waals surface area contributed by atoms with Gasteiger partial charge >= 0.3 is 0 Å². The first-order valence-electron chi connectivity index (χ1n) is 3.90. The zero-order valence-corrected chi connectivity index (χ0v) is 7.01. The summed E-state index contributed by atoms with van der Waals surface area (Å²) in [5.41, 5.74) is 4.82. The van der Waals surface area contributed by atoms with Gasteiger partial charge in [0.25, 0.3) is 0 Å². The van der Waals surface area contributed by atoms with Crippen molar-refractivity contribution in [3.8, 4) is 0 Å². The van der Waals surface area contributed by atoms with Crippen molar-refractivity contribution in [3.63, 3.8) is 0 Å². The van der Waals surface area contributed by atoms with Gasteiger partial charge in [0.1, 0.15) is 6.61 Å². The van der Waals surface area contributed by atoms with E-state index < -0.39 is 5.91 Å². The zero-order chi connectivity index (χ0) is 9.23. The van der Waals surface area contributed by atoms with E-state index in [4.69, 9.17) is 10.5 Å². The first-order chi connectivity index (χ1) is 5.77. The van der Waals surface area contributed by atoms with Crippen LogP contribution >= 0.6 is 0 Å². The maximum atomic E-state index is 11.5. The number of primary amides is 1. The van der Waals surface area contributed by atoms with E-state index in [-0.39, 0.29) is 13.3 Å². The van der Waals surface area contributed by atoms with Gasteiger partial charge in [0, 0.05) is 6.54 Å². The number of amides is 1. The maximum Gasteiger partial charge on any atom is 0.243 e. The van der Waals surface area contributed by atoms with E-state index in [2.05, 4.69) is 5.32 Å². The van der Waals surface area contributed by atoms with Crippen molar-refractivity contribution in [2.75, 3.05) is 33.0 Å². The van der Waals surface area contributed by atoms with Crippen LogP contribution in [0.4, 0.5) is 4.39 Å². The van der Waals surface area contributed by atoms with E-state index in [9.17, 15) is 9.18 Å². The van der Waals surface area contributed by atoms with Gasteiger partial charge in [-0.1, -0.05) is 0 Å². The molecule has 3 N–H and O–H groups in total. The van der Waals surface area contributed by atoms with Crippen LogP contribution in [0.5, 0.6) is 0 Å². The third kappa shape index (κ3) is 9.32. The summed E-state index contributed by atoms with van der Waals surface area (Å²) in [6.07, 6.45) is 0.510. The normalized spacial score (nSPS) is 10.1. The minimum atomic E-state index is -0.473. The van der Waals surface area contributed by atoms with E-state index in [0.29, 0.717) is 26.1 Å². The highest BCUT2D eigenvalue weighted by atomic mass is 19.1. The molecule has 0 aliphatic carbocycles. The van der Waals surface area contributed by atoms with Crippen LogP contribution in [-0.4, -0.2) is 38.9 Å². The summed E-state index contributed by atoms with van der Waals surface area (Å²) >= 11 is 0. The Bertz CT molecular complexity index is 122. The maximum absolute atomic E-state index is 11.5. The number of hydrogen-bond acceptors (Lipinski definition) is 3. The summed E-state index contributed by atoms with van der Waals surface area (Å²) in [5.74, 6) is -0.473. The van der Waals surface area contributed by atoms with Gasteiger partial charge in [-0.05, 0) is 13.0 Å². The quantitative estimate of drug-likeness (QED) is 0.489. The molecule has 0 spiro atoms. The van der Waals surface area contributed by atoms with Gasteiger partial charge in [0.05, 0.1) is 13.3 Å². The van der Waals surface area contributed by atoms with Crippen molar-refractivity contribution in [2.24, 2.45) is 5.73 Å². The van der Waals surface area contributed by atoms with Gasteiger partial charge in [-0.3, -0.25) is 9.18 Å². The first-order valence-corrected chi connectivity index (χ1v) is 3.90. The lowest BCUT2D eigenvalue weighted by Crippen LogP contribution is -2.24. The van der Waals surface area contributed by atoms with Gasteiger partial charge in [0.2, 0.25) is 5.91 Å². The van der Waals surface area contributed by atoms with Gasteiger partial charge in [-0.2, -0.15) is 0 Å². The lowest BCUT2D eigenvalue weighted by atomic mass is 10.4. The summed E-state index contributed by atoms with van der Waals surface area (Å²) < 4.78 is 16.4. The Kier molecular flexibility index (Phi) is 7.94. The molecule has 0 saturated heterocycles. The molecular formula is C7H15FN2O2. The average Bonchev–Trinajstić information content (AvgIpc) is 2.02. The zero-order valence-electron chi connectivity index (χ0n) is 7.01. The Morgan fingerprint density at radius 3 is 2.83 bits per heavy atom. The number of nitrogens with two attached hydrogens (primary N) is 1. The molecule has 0 atom stereocenters. The standard InChI is InChI=1S/C7H15FN2O2/c8-2-1-3-10-4-5-12-6-7(9)11/h10H,1-6H2,(H2,9,11). The fourth-order valence-electron chi connectivity index (χ4n) is 0.634. The molecule has 0 radical (unpaired) electrons. The predicted molar refractivity (Wildman–Crippen MR) is 43.5 cm³/mol. The molecule has 0 bridgehead atoms. The van der Waals surface area contributed by atoms with E-state index in [1.165, 1.54) is 0 Å². The molecule has 0 aliphatic rings. The van der Waals surface area contributed by atoms with Crippen LogP contribution in [0.3, 0.4) is 0 Å². The minimum absolute atomic E-state index is 0.0508. The monoisotopic (exact) mass is 178 g/mol. The van der Waals surface area contributed by atoms with Crippen LogP contribution in [0.25, 0.3) is 0 Å². The van der Waals surface area contributed by atoms with Crippen molar-refractivity contribution < 1.29 is 13.9 Å². The number of carbonyl (C=O) groups is 1. The van der Waals surface area contributed by atoms with Gasteiger partial charge in [-0.15, -0.1) is 0 Å². The summed E-state index contributed by atoms with van der Waals surface area (Å²) in [6, 6.07) is 0. The number of ether oxygens (including phenoxy) is 1. The molecule has 0 aromatic rings. The number of rotatable bonds is 8. The largest absolute Gasteiger partial charge is 0.370 e. The van der Waals surface area contributed by atoms with Gasteiger partial charge in [0.15, 0.2) is 0 Å². The third-order valence-corrected chi connectivity index (χ3v) is 1.15. The highest BCUT2D eigenvalue weighted by molar-refractivity contribution is 5.74. The van der Waals surface area contributed by atoms with E-state index in [1.54, 1.807) is 0 Å². The lowest BCUT2D eigenvalue weighted by Gasteiger charge is -2.02. The molecule has 72 valence electrons. The van der Waals surface area contributed by atoms with Gasteiger partial charge in [-0.25, -0.2) is 0 Å². The predicted octanol–water partition coefficient (Wildman–Crippen LogP) is -0.563. The number of halogens is 1. The smallest absolute Gasteiger partial charge is 0.243 e. The van der Waals surface area contributed by atoms with E-state index >= 15 is 0 Å². The summed E-state index contributed by atoms with van der Waals surface area (Å²) in [5, 5.41) is 2.94. The molecule has 0 aromatic heterocycles. The molecule has 12 heavy (non-hydrogen) atoms. The van der Waals surface area contributed by atoms with Crippen LogP contribution in [0, 0.1) is 0 Å². The van der Waals surface area contributed by atoms with Crippen LogP contribution in [0.2, 0.25) is 0 Å². The second-order valence-electron chi connectivity index (χ2n) is 2.31. The molecule has 0 rings (SSSR count). The Balaban J connectivity index is 2.86. The lowest BCUT2D eigenvalue weighted by molar-refractivity contribution is -0.122. The molecule has 0 heterocycles. The molecule has 0 unspecified atom stereocenters. The molecule has 5 heteroatoms. The average molecular weight is 178 g/mol. The number of alkyl halides is 1.